The second-order valence-corrected chi connectivity index (χ2v) is 14.1. The summed E-state index contributed by atoms with van der Waals surface area (Å²) < 4.78 is 11.0. The van der Waals surface area contributed by atoms with Crippen LogP contribution >= 0.6 is 34.9 Å². The van der Waals surface area contributed by atoms with Crippen LogP contribution in [0, 0.1) is 6.92 Å². The minimum Gasteiger partial charge on any atom is -0.426 e. The molecule has 3 heterocycles. The molecule has 0 bridgehead atoms. The number of aliphatic hydroxyl groups is 1. The minimum absolute atomic E-state index is 0.00731. The van der Waals surface area contributed by atoms with Gasteiger partial charge in [-0.25, -0.2) is 4.79 Å². The van der Waals surface area contributed by atoms with E-state index in [1.54, 1.807) is 12.1 Å². The SMILES string of the molecule is CC(=O)OC(C)OC(=O)C1=C(CSc2nnc(C)s2)CS[C@H]2C(NC(=O)C(O)c3ccccc3C(=O)[C@@H](N)CCCCN)C(=O)N12. The van der Waals surface area contributed by atoms with Gasteiger partial charge in [0, 0.05) is 36.5 Å². The number of carbonyl (C=O) groups excluding carboxylic acids is 5. The summed E-state index contributed by atoms with van der Waals surface area (Å²) in [7, 11) is 0. The number of hydrogen-bond acceptors (Lipinski definition) is 15. The van der Waals surface area contributed by atoms with E-state index in [4.69, 9.17) is 20.9 Å². The number of Topliss-reactive ketones (excluding diaryl/α,β-unsaturated/α-hetero) is 1. The zero-order valence-electron chi connectivity index (χ0n) is 25.5. The van der Waals surface area contributed by atoms with Crippen LogP contribution in [0.5, 0.6) is 0 Å². The van der Waals surface area contributed by atoms with Crippen LogP contribution in [0.15, 0.2) is 39.9 Å². The number of nitrogens with zero attached hydrogens (tertiary/aromatic N) is 3. The molecule has 17 heteroatoms. The number of nitrogens with one attached hydrogen (secondary N) is 1. The van der Waals surface area contributed by atoms with Crippen molar-refractivity contribution in [1.82, 2.24) is 20.4 Å². The lowest BCUT2D eigenvalue weighted by atomic mass is 9.93. The first-order chi connectivity index (χ1) is 21.9. The molecule has 0 saturated carbocycles. The molecule has 2 aromatic rings. The van der Waals surface area contributed by atoms with Gasteiger partial charge in [-0.1, -0.05) is 53.8 Å². The molecule has 4 rings (SSSR count). The molecule has 2 aliphatic rings. The molecule has 1 aromatic heterocycles. The van der Waals surface area contributed by atoms with Gasteiger partial charge in [-0.05, 0) is 31.9 Å². The van der Waals surface area contributed by atoms with Crippen LogP contribution in [0.1, 0.15) is 60.1 Å². The van der Waals surface area contributed by atoms with E-state index in [1.165, 1.54) is 65.7 Å². The van der Waals surface area contributed by atoms with Gasteiger partial charge in [-0.15, -0.1) is 22.0 Å². The van der Waals surface area contributed by atoms with Crippen molar-refractivity contribution in [3.8, 4) is 0 Å². The smallest absolute Gasteiger partial charge is 0.358 e. The van der Waals surface area contributed by atoms with Gasteiger partial charge < -0.3 is 31.4 Å². The Morgan fingerprint density at radius 2 is 1.93 bits per heavy atom. The van der Waals surface area contributed by atoms with Crippen molar-refractivity contribution in [1.29, 1.82) is 0 Å². The monoisotopic (exact) mass is 692 g/mol. The number of β-lactam (4-membered cyclic amide) rings is 1. The number of benzene rings is 1. The Hall–Kier alpha value is -3.35. The Morgan fingerprint density at radius 3 is 2.61 bits per heavy atom. The summed E-state index contributed by atoms with van der Waals surface area (Å²) in [6, 6.07) is 4.24. The number of ketones is 1. The number of rotatable bonds is 15. The van der Waals surface area contributed by atoms with Crippen molar-refractivity contribution in [2.75, 3.05) is 18.1 Å². The Balaban J connectivity index is 1.50. The third kappa shape index (κ3) is 8.32. The number of nitrogens with two attached hydrogens (primary N) is 2. The summed E-state index contributed by atoms with van der Waals surface area (Å²) in [6.45, 7) is 4.85. The van der Waals surface area contributed by atoms with Gasteiger partial charge in [-0.2, -0.15) is 0 Å². The first kappa shape index (κ1) is 35.5. The highest BCUT2D eigenvalue weighted by molar-refractivity contribution is 8.01. The molecule has 0 spiro atoms. The Morgan fingerprint density at radius 1 is 1.20 bits per heavy atom. The molecule has 0 radical (unpaired) electrons. The number of aryl methyl sites for hydroxylation is 1. The van der Waals surface area contributed by atoms with Crippen molar-refractivity contribution >= 4 is 64.4 Å². The van der Waals surface area contributed by atoms with Crippen LogP contribution in [-0.4, -0.2) is 91.5 Å². The third-order valence-electron chi connectivity index (χ3n) is 7.10. The molecule has 0 aliphatic carbocycles. The van der Waals surface area contributed by atoms with Crippen molar-refractivity contribution < 1.29 is 38.6 Å². The molecule has 2 amide bonds. The van der Waals surface area contributed by atoms with E-state index in [0.717, 1.165) is 5.01 Å². The number of esters is 2. The number of hydrogen-bond donors (Lipinski definition) is 4. The Kier molecular flexibility index (Phi) is 12.3. The third-order valence-corrected chi connectivity index (χ3v) is 10.5. The molecule has 248 valence electrons. The van der Waals surface area contributed by atoms with Crippen LogP contribution < -0.4 is 16.8 Å². The quantitative estimate of drug-likeness (QED) is 0.0519. The fourth-order valence-electron chi connectivity index (χ4n) is 4.91. The number of aromatic nitrogens is 2. The molecule has 14 nitrogen and oxygen atoms in total. The summed E-state index contributed by atoms with van der Waals surface area (Å²) in [5, 5.41) is 21.8. The lowest BCUT2D eigenvalue weighted by Crippen LogP contribution is -2.71. The molecule has 46 heavy (non-hydrogen) atoms. The van der Waals surface area contributed by atoms with E-state index < -0.39 is 59.4 Å². The van der Waals surface area contributed by atoms with E-state index in [-0.39, 0.29) is 16.8 Å². The number of ether oxygens (including phenoxy) is 2. The van der Waals surface area contributed by atoms with E-state index in [0.29, 0.717) is 47.2 Å². The number of thioether (sulfide) groups is 2. The molecule has 1 aromatic carbocycles. The molecule has 2 aliphatic heterocycles. The summed E-state index contributed by atoms with van der Waals surface area (Å²) in [6.07, 6.45) is -1.20. The van der Waals surface area contributed by atoms with Crippen LogP contribution in [0.4, 0.5) is 0 Å². The van der Waals surface area contributed by atoms with Gasteiger partial charge in [-0.3, -0.25) is 24.1 Å². The van der Waals surface area contributed by atoms with Crippen LogP contribution in [0.3, 0.4) is 0 Å². The zero-order chi connectivity index (χ0) is 33.5. The maximum atomic E-state index is 13.5. The lowest BCUT2D eigenvalue weighted by Gasteiger charge is -2.50. The lowest BCUT2D eigenvalue weighted by molar-refractivity contribution is -0.182. The normalized spacial score (nSPS) is 19.4. The van der Waals surface area contributed by atoms with E-state index in [9.17, 15) is 29.1 Å². The molecule has 3 unspecified atom stereocenters. The van der Waals surface area contributed by atoms with Crippen LogP contribution in [0.2, 0.25) is 0 Å². The predicted molar refractivity (Wildman–Crippen MR) is 171 cm³/mol. The molecular weight excluding hydrogens is 657 g/mol. The van der Waals surface area contributed by atoms with Gasteiger partial charge in [0.2, 0.25) is 6.29 Å². The van der Waals surface area contributed by atoms with E-state index in [2.05, 4.69) is 15.5 Å². The van der Waals surface area contributed by atoms with Gasteiger partial charge in [0.25, 0.3) is 11.8 Å². The largest absolute Gasteiger partial charge is 0.426 e. The number of unbranched alkanes of at least 4 members (excludes halogenated alkanes) is 1. The van der Waals surface area contributed by atoms with Gasteiger partial charge in [0.1, 0.15) is 22.1 Å². The maximum Gasteiger partial charge on any atom is 0.358 e. The summed E-state index contributed by atoms with van der Waals surface area (Å²) >= 11 is 4.06. The highest BCUT2D eigenvalue weighted by Crippen LogP contribution is 2.42. The summed E-state index contributed by atoms with van der Waals surface area (Å²) in [5.74, 6) is -2.79. The Labute approximate surface area is 278 Å². The summed E-state index contributed by atoms with van der Waals surface area (Å²) in [5.41, 5.74) is 12.4. The van der Waals surface area contributed by atoms with Gasteiger partial charge in [0.05, 0.1) is 6.04 Å². The molecule has 1 fully saturated rings. The number of amides is 2. The van der Waals surface area contributed by atoms with Gasteiger partial charge >= 0.3 is 11.9 Å². The number of fused-ring (bicyclic) bond motifs is 1. The molecular formula is C29H36N6O8S3. The topological polar surface area (TPSA) is 217 Å². The fraction of sp³-hybridized carbons (Fsp3) is 0.483. The van der Waals surface area contributed by atoms with Crippen molar-refractivity contribution in [3.63, 3.8) is 0 Å². The van der Waals surface area contributed by atoms with E-state index in [1.807, 2.05) is 6.92 Å². The Bertz CT molecular complexity index is 1520. The second-order valence-electron chi connectivity index (χ2n) is 10.6. The molecule has 5 atom stereocenters. The highest BCUT2D eigenvalue weighted by atomic mass is 32.2. The van der Waals surface area contributed by atoms with Crippen molar-refractivity contribution in [3.05, 3.63) is 51.7 Å². The summed E-state index contributed by atoms with van der Waals surface area (Å²) in [4.78, 5) is 65.7. The highest BCUT2D eigenvalue weighted by Gasteiger charge is 2.55. The first-order valence-corrected chi connectivity index (χ1v) is 17.3. The van der Waals surface area contributed by atoms with Crippen LogP contribution in [-0.2, 0) is 28.7 Å². The predicted octanol–water partition coefficient (Wildman–Crippen LogP) is 1.42. The molecule has 6 N–H and O–H groups in total. The van der Waals surface area contributed by atoms with Crippen molar-refractivity contribution in [2.24, 2.45) is 11.5 Å². The van der Waals surface area contributed by atoms with Crippen LogP contribution in [0.25, 0.3) is 0 Å². The van der Waals surface area contributed by atoms with Gasteiger partial charge in [0.15, 0.2) is 16.2 Å². The standard InChI is InChI=1S/C29H36N6O8S3/c1-14-33-34-29(46-14)45-13-17-12-44-27-21(26(40)35(27)22(17)28(41)43-16(3)42-15(2)36)32-25(39)24(38)19-9-5-4-8-18(19)23(37)20(31)10-6-7-11-30/h4-5,8-9,16,20-21,24,27,38H,6-7,10-13,30-31H2,1-3H3,(H,32,39)/t16?,20-,21?,24?,27-/m0/s1. The number of carbonyl (C=O) groups is 5. The average molecular weight is 693 g/mol. The molecule has 1 saturated heterocycles. The minimum atomic E-state index is -1.77. The average Bonchev–Trinajstić information content (AvgIpc) is 3.45. The zero-order valence-corrected chi connectivity index (χ0v) is 27.9. The fourth-order valence-corrected chi connectivity index (χ4v) is 8.21. The van der Waals surface area contributed by atoms with Crippen molar-refractivity contribution in [2.45, 2.75) is 74.2 Å². The second kappa shape index (κ2) is 16.0. The first-order valence-electron chi connectivity index (χ1n) is 14.5. The van der Waals surface area contributed by atoms with E-state index >= 15 is 0 Å². The number of aliphatic hydroxyl groups excluding tert-OH is 1. The maximum absolute atomic E-state index is 13.5.